The molecule has 13 heteroatoms. The molecular weight excluding hydrogens is 541 g/mol. The number of fused-ring (bicyclic) bond motifs is 2. The van der Waals surface area contributed by atoms with E-state index in [1.54, 1.807) is 42.6 Å². The largest absolute Gasteiger partial charge is 0.406 e. The summed E-state index contributed by atoms with van der Waals surface area (Å²) in [6.07, 6.45) is -0.824. The highest BCUT2D eigenvalue weighted by molar-refractivity contribution is 7.14. The molecule has 1 aliphatic heterocycles. The lowest BCUT2D eigenvalue weighted by Crippen LogP contribution is -2.36. The van der Waals surface area contributed by atoms with E-state index in [4.69, 9.17) is 0 Å². The van der Waals surface area contributed by atoms with Gasteiger partial charge in [0.15, 0.2) is 5.01 Å². The summed E-state index contributed by atoms with van der Waals surface area (Å²) < 4.78 is 42.3. The van der Waals surface area contributed by atoms with Gasteiger partial charge in [0.25, 0.3) is 5.91 Å². The molecule has 9 nitrogen and oxygen atoms in total. The molecule has 0 unspecified atom stereocenters. The first-order valence-electron chi connectivity index (χ1n) is 12.9. The maximum absolute atomic E-state index is 13.7. The molecule has 1 fully saturated rings. The average molecular weight is 569 g/mol. The minimum absolute atomic E-state index is 0.0972. The lowest BCUT2D eigenvalue weighted by Gasteiger charge is -2.30. The van der Waals surface area contributed by atoms with Crippen LogP contribution in [-0.2, 0) is 13.1 Å². The molecule has 40 heavy (non-hydrogen) atoms. The Kier molecular flexibility index (Phi) is 6.92. The van der Waals surface area contributed by atoms with E-state index in [9.17, 15) is 18.0 Å². The predicted octanol–water partition coefficient (Wildman–Crippen LogP) is 5.03. The highest BCUT2D eigenvalue weighted by Gasteiger charge is 2.31. The zero-order chi connectivity index (χ0) is 27.9. The Morgan fingerprint density at radius 3 is 2.77 bits per heavy atom. The number of carbonyl (C=O) groups is 1. The van der Waals surface area contributed by atoms with Crippen molar-refractivity contribution in [2.75, 3.05) is 25.5 Å². The molecule has 0 bridgehead atoms. The van der Waals surface area contributed by atoms with Crippen molar-refractivity contribution in [2.45, 2.75) is 38.1 Å². The van der Waals surface area contributed by atoms with Crippen molar-refractivity contribution in [1.29, 1.82) is 0 Å². The van der Waals surface area contributed by atoms with Crippen LogP contribution in [0.1, 0.15) is 28.2 Å². The monoisotopic (exact) mass is 568 g/mol. The SMILES string of the molecule is CN1CCC(Nc2cccc3c2cc(-c2nnc(CNC(=O)c4ccc5cn[nH]c5c4)s2)n3CC(F)(F)F)CC1. The van der Waals surface area contributed by atoms with Crippen LogP contribution in [0.3, 0.4) is 0 Å². The molecule has 0 atom stereocenters. The van der Waals surface area contributed by atoms with Crippen LogP contribution in [0.2, 0.25) is 0 Å². The molecule has 1 aliphatic rings. The highest BCUT2D eigenvalue weighted by Crippen LogP contribution is 2.36. The summed E-state index contributed by atoms with van der Waals surface area (Å²) in [5.74, 6) is -0.302. The van der Waals surface area contributed by atoms with Crippen molar-refractivity contribution in [2.24, 2.45) is 0 Å². The van der Waals surface area contributed by atoms with Crippen molar-refractivity contribution in [3.63, 3.8) is 0 Å². The van der Waals surface area contributed by atoms with E-state index in [1.165, 1.54) is 4.57 Å². The predicted molar refractivity (Wildman–Crippen MR) is 148 cm³/mol. The first-order valence-corrected chi connectivity index (χ1v) is 13.7. The van der Waals surface area contributed by atoms with Gasteiger partial charge in [-0.2, -0.15) is 18.3 Å². The number of likely N-dealkylation sites (tertiary alicyclic amines) is 1. The second-order valence-corrected chi connectivity index (χ2v) is 11.1. The zero-order valence-electron chi connectivity index (χ0n) is 21.6. The van der Waals surface area contributed by atoms with Gasteiger partial charge in [0.1, 0.15) is 11.6 Å². The molecule has 2 aromatic carbocycles. The number of hydrogen-bond acceptors (Lipinski definition) is 7. The number of amides is 1. The number of rotatable bonds is 7. The molecule has 0 saturated carbocycles. The molecular formula is C27H27F3N8OS. The number of aromatic amines is 1. The fraction of sp³-hybridized carbons (Fsp3) is 0.333. The number of anilines is 1. The molecule has 1 amide bonds. The third-order valence-electron chi connectivity index (χ3n) is 7.15. The van der Waals surface area contributed by atoms with E-state index < -0.39 is 12.7 Å². The number of benzene rings is 2. The summed E-state index contributed by atoms with van der Waals surface area (Å²) in [5, 5.41) is 23.9. The smallest absolute Gasteiger partial charge is 0.382 e. The van der Waals surface area contributed by atoms with Crippen LogP contribution in [-0.4, -0.2) is 68.1 Å². The fourth-order valence-corrected chi connectivity index (χ4v) is 5.88. The molecule has 3 N–H and O–H groups in total. The molecule has 1 saturated heterocycles. The van der Waals surface area contributed by atoms with Gasteiger partial charge in [-0.1, -0.05) is 23.5 Å². The van der Waals surface area contributed by atoms with E-state index in [2.05, 4.69) is 43.0 Å². The normalized spacial score (nSPS) is 15.2. The summed E-state index contributed by atoms with van der Waals surface area (Å²) in [4.78, 5) is 14.9. The van der Waals surface area contributed by atoms with Crippen LogP contribution < -0.4 is 10.6 Å². The van der Waals surface area contributed by atoms with Crippen LogP contribution in [0, 0.1) is 0 Å². The summed E-state index contributed by atoms with van der Waals surface area (Å²) >= 11 is 1.16. The van der Waals surface area contributed by atoms with Gasteiger partial charge in [0, 0.05) is 28.1 Å². The molecule has 0 spiro atoms. The topological polar surface area (TPSA) is 104 Å². The third kappa shape index (κ3) is 5.52. The van der Waals surface area contributed by atoms with Crippen LogP contribution in [0.25, 0.3) is 32.5 Å². The van der Waals surface area contributed by atoms with E-state index in [0.29, 0.717) is 32.2 Å². The average Bonchev–Trinajstić information content (AvgIpc) is 3.67. The van der Waals surface area contributed by atoms with Crippen LogP contribution >= 0.6 is 11.3 Å². The quantitative estimate of drug-likeness (QED) is 0.254. The van der Waals surface area contributed by atoms with Crippen LogP contribution in [0.5, 0.6) is 0 Å². The number of H-pyrrole nitrogens is 1. The van der Waals surface area contributed by atoms with Crippen molar-refractivity contribution >= 4 is 44.7 Å². The number of hydrogen-bond donors (Lipinski definition) is 3. The van der Waals surface area contributed by atoms with Crippen LogP contribution in [0.15, 0.2) is 48.7 Å². The van der Waals surface area contributed by atoms with Gasteiger partial charge < -0.3 is 20.1 Å². The Labute approximate surface area is 231 Å². The lowest BCUT2D eigenvalue weighted by atomic mass is 10.0. The highest BCUT2D eigenvalue weighted by atomic mass is 32.1. The van der Waals surface area contributed by atoms with Gasteiger partial charge in [0.2, 0.25) is 0 Å². The van der Waals surface area contributed by atoms with Crippen molar-refractivity contribution in [1.82, 2.24) is 35.2 Å². The first kappa shape index (κ1) is 26.3. The summed E-state index contributed by atoms with van der Waals surface area (Å²) in [6, 6.07) is 12.6. The molecule has 208 valence electrons. The number of carbonyl (C=O) groups excluding carboxylic acids is 1. The molecule has 6 rings (SSSR count). The Bertz CT molecular complexity index is 1670. The lowest BCUT2D eigenvalue weighted by molar-refractivity contribution is -0.139. The zero-order valence-corrected chi connectivity index (χ0v) is 22.4. The van der Waals surface area contributed by atoms with E-state index >= 15 is 0 Å². The Hall–Kier alpha value is -3.97. The number of halogens is 3. The number of alkyl halides is 3. The number of aromatic nitrogens is 5. The van der Waals surface area contributed by atoms with Gasteiger partial charge in [0.05, 0.1) is 29.5 Å². The molecule has 5 aromatic rings. The molecule has 0 radical (unpaired) electrons. The fourth-order valence-electron chi connectivity index (χ4n) is 5.07. The standard InChI is InChI=1S/C27H27F3N8OS/c1-37-9-7-18(8-10-37)33-20-3-2-4-22-19(20)12-23(38(22)15-27(28,29)30)26-36-35-24(40-26)14-31-25(39)16-5-6-17-13-32-34-21(17)11-16/h2-6,11-13,18,33H,7-10,14-15H2,1H3,(H,31,39)(H,32,34). The minimum atomic E-state index is -4.42. The van der Waals surface area contributed by atoms with E-state index in [0.717, 1.165) is 53.9 Å². The van der Waals surface area contributed by atoms with Gasteiger partial charge in [-0.25, -0.2) is 0 Å². The Morgan fingerprint density at radius 1 is 1.15 bits per heavy atom. The van der Waals surface area contributed by atoms with Gasteiger partial charge in [-0.15, -0.1) is 10.2 Å². The second-order valence-electron chi connectivity index (χ2n) is 10.0. The van der Waals surface area contributed by atoms with Crippen LogP contribution in [0.4, 0.5) is 18.9 Å². The van der Waals surface area contributed by atoms with Crippen molar-refractivity contribution in [3.8, 4) is 10.7 Å². The van der Waals surface area contributed by atoms with Crippen molar-refractivity contribution < 1.29 is 18.0 Å². The number of nitrogens with zero attached hydrogens (tertiary/aromatic N) is 5. The Morgan fingerprint density at radius 2 is 1.98 bits per heavy atom. The van der Waals surface area contributed by atoms with Gasteiger partial charge >= 0.3 is 6.18 Å². The van der Waals surface area contributed by atoms with Gasteiger partial charge in [-0.05, 0) is 63.3 Å². The minimum Gasteiger partial charge on any atom is -0.382 e. The third-order valence-corrected chi connectivity index (χ3v) is 8.10. The molecule has 0 aliphatic carbocycles. The molecule has 3 aromatic heterocycles. The van der Waals surface area contributed by atoms with Gasteiger partial charge in [-0.3, -0.25) is 9.89 Å². The second kappa shape index (κ2) is 10.5. The maximum Gasteiger partial charge on any atom is 0.406 e. The maximum atomic E-state index is 13.7. The van der Waals surface area contributed by atoms with E-state index in [1.807, 2.05) is 6.07 Å². The van der Waals surface area contributed by atoms with Crippen molar-refractivity contribution in [3.05, 3.63) is 59.2 Å². The number of nitrogens with one attached hydrogen (secondary N) is 3. The Balaban J connectivity index is 1.25. The summed E-state index contributed by atoms with van der Waals surface area (Å²) in [7, 11) is 2.09. The first-order chi connectivity index (χ1) is 19.2. The summed E-state index contributed by atoms with van der Waals surface area (Å²) in [5.41, 5.74) is 2.82. The molecule has 4 heterocycles. The summed E-state index contributed by atoms with van der Waals surface area (Å²) in [6.45, 7) is 0.886. The number of piperidine rings is 1. The van der Waals surface area contributed by atoms with E-state index in [-0.39, 0.29) is 18.5 Å².